The van der Waals surface area contributed by atoms with Crippen LogP contribution in [0.4, 0.5) is 11.4 Å². The third-order valence-corrected chi connectivity index (χ3v) is 4.67. The molecule has 0 radical (unpaired) electrons. The summed E-state index contributed by atoms with van der Waals surface area (Å²) in [5.41, 5.74) is 9.78. The molecule has 2 aromatic rings. The van der Waals surface area contributed by atoms with Crippen LogP contribution in [0.3, 0.4) is 0 Å². The fourth-order valence-electron chi connectivity index (χ4n) is 3.73. The summed E-state index contributed by atoms with van der Waals surface area (Å²) in [6.07, 6.45) is 2.02. The Morgan fingerprint density at radius 1 is 1.05 bits per heavy atom. The van der Waals surface area contributed by atoms with Gasteiger partial charge in [0.2, 0.25) is 0 Å². The average Bonchev–Trinajstić information content (AvgIpc) is 2.62. The Kier molecular flexibility index (Phi) is 2.73. The molecule has 0 bridgehead atoms. The SMILES string of the molecule is CC1(N2c3ccccc3COc3ccccc32)CC(N)C1. The van der Waals surface area contributed by atoms with E-state index in [1.165, 1.54) is 11.3 Å². The van der Waals surface area contributed by atoms with Gasteiger partial charge in [-0.15, -0.1) is 0 Å². The van der Waals surface area contributed by atoms with Crippen molar-refractivity contribution < 1.29 is 4.74 Å². The van der Waals surface area contributed by atoms with E-state index in [-0.39, 0.29) is 5.54 Å². The smallest absolute Gasteiger partial charge is 0.143 e. The predicted octanol–water partition coefficient (Wildman–Crippen LogP) is 3.60. The fraction of sp³-hybridized carbons (Fsp3) is 0.333. The van der Waals surface area contributed by atoms with Gasteiger partial charge in [-0.25, -0.2) is 0 Å². The fourth-order valence-corrected chi connectivity index (χ4v) is 3.73. The Bertz CT molecular complexity index is 629. The van der Waals surface area contributed by atoms with Crippen LogP contribution < -0.4 is 15.4 Å². The first-order valence-electron chi connectivity index (χ1n) is 7.53. The summed E-state index contributed by atoms with van der Waals surface area (Å²) in [7, 11) is 0. The van der Waals surface area contributed by atoms with Crippen LogP contribution in [0.1, 0.15) is 25.3 Å². The Morgan fingerprint density at radius 2 is 1.71 bits per heavy atom. The summed E-state index contributed by atoms with van der Waals surface area (Å²) in [4.78, 5) is 2.44. The van der Waals surface area contributed by atoms with Crippen molar-refractivity contribution in [3.63, 3.8) is 0 Å². The summed E-state index contributed by atoms with van der Waals surface area (Å²) in [5.74, 6) is 0.954. The Labute approximate surface area is 125 Å². The highest BCUT2D eigenvalue weighted by atomic mass is 16.5. The van der Waals surface area contributed by atoms with Crippen molar-refractivity contribution >= 4 is 11.4 Å². The van der Waals surface area contributed by atoms with Gasteiger partial charge in [-0.2, -0.15) is 0 Å². The molecule has 1 saturated carbocycles. The molecule has 1 fully saturated rings. The molecule has 1 aliphatic heterocycles. The first kappa shape index (κ1) is 12.7. The second-order valence-corrected chi connectivity index (χ2v) is 6.39. The molecule has 2 N–H and O–H groups in total. The summed E-state index contributed by atoms with van der Waals surface area (Å²) < 4.78 is 6.02. The summed E-state index contributed by atoms with van der Waals surface area (Å²) in [6.45, 7) is 2.92. The topological polar surface area (TPSA) is 38.5 Å². The number of nitrogens with two attached hydrogens (primary N) is 1. The lowest BCUT2D eigenvalue weighted by Crippen LogP contribution is -2.58. The van der Waals surface area contributed by atoms with Gasteiger partial charge in [0.15, 0.2) is 0 Å². The number of anilines is 2. The van der Waals surface area contributed by atoms with Gasteiger partial charge in [0.05, 0.1) is 5.69 Å². The molecule has 0 saturated heterocycles. The van der Waals surface area contributed by atoms with Crippen LogP contribution in [0.5, 0.6) is 5.75 Å². The highest BCUT2D eigenvalue weighted by Crippen LogP contribution is 2.49. The molecule has 0 amide bonds. The molecular weight excluding hydrogens is 260 g/mol. The van der Waals surface area contributed by atoms with E-state index in [1.807, 2.05) is 6.07 Å². The van der Waals surface area contributed by atoms with Crippen molar-refractivity contribution in [3.8, 4) is 5.75 Å². The number of nitrogens with zero attached hydrogens (tertiary/aromatic N) is 1. The van der Waals surface area contributed by atoms with E-state index in [0.29, 0.717) is 12.6 Å². The number of para-hydroxylation sites is 3. The van der Waals surface area contributed by atoms with Crippen molar-refractivity contribution in [2.75, 3.05) is 4.90 Å². The molecule has 2 aromatic carbocycles. The van der Waals surface area contributed by atoms with Crippen molar-refractivity contribution in [2.24, 2.45) is 5.73 Å². The number of rotatable bonds is 1. The van der Waals surface area contributed by atoms with Gasteiger partial charge < -0.3 is 15.4 Å². The third-order valence-electron chi connectivity index (χ3n) is 4.67. The zero-order valence-corrected chi connectivity index (χ0v) is 12.3. The Balaban J connectivity index is 1.90. The van der Waals surface area contributed by atoms with Gasteiger partial charge >= 0.3 is 0 Å². The second kappa shape index (κ2) is 4.50. The minimum Gasteiger partial charge on any atom is -0.487 e. The quantitative estimate of drug-likeness (QED) is 0.867. The van der Waals surface area contributed by atoms with Crippen LogP contribution in [-0.2, 0) is 6.61 Å². The summed E-state index contributed by atoms with van der Waals surface area (Å²) in [6, 6.07) is 17.1. The largest absolute Gasteiger partial charge is 0.487 e. The summed E-state index contributed by atoms with van der Waals surface area (Å²) in [5, 5.41) is 0. The normalized spacial score (nSPS) is 27.0. The monoisotopic (exact) mass is 280 g/mol. The molecule has 1 heterocycles. The van der Waals surface area contributed by atoms with Crippen LogP contribution in [0, 0.1) is 0 Å². The van der Waals surface area contributed by atoms with E-state index in [2.05, 4.69) is 54.3 Å². The first-order valence-corrected chi connectivity index (χ1v) is 7.53. The maximum atomic E-state index is 6.08. The second-order valence-electron chi connectivity index (χ2n) is 6.39. The Hall–Kier alpha value is -2.00. The van der Waals surface area contributed by atoms with Gasteiger partial charge in [-0.3, -0.25) is 0 Å². The van der Waals surface area contributed by atoms with Crippen molar-refractivity contribution in [1.29, 1.82) is 0 Å². The van der Waals surface area contributed by atoms with E-state index < -0.39 is 0 Å². The van der Waals surface area contributed by atoms with Gasteiger partial charge in [0.25, 0.3) is 0 Å². The molecule has 3 nitrogen and oxygen atoms in total. The standard InChI is InChI=1S/C18H20N2O/c1-18(10-14(19)11-18)20-15-7-3-2-6-13(15)12-21-17-9-5-4-8-16(17)20/h2-9,14H,10-12,19H2,1H3. The maximum Gasteiger partial charge on any atom is 0.143 e. The maximum absolute atomic E-state index is 6.08. The number of hydrogen-bond donors (Lipinski definition) is 1. The number of ether oxygens (including phenoxy) is 1. The molecule has 1 aliphatic carbocycles. The van der Waals surface area contributed by atoms with E-state index >= 15 is 0 Å². The van der Waals surface area contributed by atoms with Crippen LogP contribution in [0.25, 0.3) is 0 Å². The lowest BCUT2D eigenvalue weighted by atomic mass is 9.72. The van der Waals surface area contributed by atoms with Crippen LogP contribution in [-0.4, -0.2) is 11.6 Å². The zero-order valence-electron chi connectivity index (χ0n) is 12.3. The number of fused-ring (bicyclic) bond motifs is 2. The molecule has 0 aromatic heterocycles. The third kappa shape index (κ3) is 1.92. The lowest BCUT2D eigenvalue weighted by Gasteiger charge is -2.52. The van der Waals surface area contributed by atoms with Gasteiger partial charge in [0.1, 0.15) is 12.4 Å². The van der Waals surface area contributed by atoms with Crippen LogP contribution in [0.15, 0.2) is 48.5 Å². The molecule has 21 heavy (non-hydrogen) atoms. The van der Waals surface area contributed by atoms with Crippen LogP contribution >= 0.6 is 0 Å². The van der Waals surface area contributed by atoms with Crippen LogP contribution in [0.2, 0.25) is 0 Å². The minimum absolute atomic E-state index is 0.0688. The number of hydrogen-bond acceptors (Lipinski definition) is 3. The lowest BCUT2D eigenvalue weighted by molar-refractivity contribution is 0.230. The van der Waals surface area contributed by atoms with E-state index in [4.69, 9.17) is 10.5 Å². The van der Waals surface area contributed by atoms with Gasteiger partial charge in [0, 0.05) is 22.8 Å². The van der Waals surface area contributed by atoms with Gasteiger partial charge in [-0.05, 0) is 38.0 Å². The van der Waals surface area contributed by atoms with E-state index in [1.54, 1.807) is 0 Å². The van der Waals surface area contributed by atoms with E-state index in [0.717, 1.165) is 24.3 Å². The molecule has 108 valence electrons. The first-order chi connectivity index (χ1) is 10.2. The average molecular weight is 280 g/mol. The summed E-state index contributed by atoms with van der Waals surface area (Å²) >= 11 is 0. The van der Waals surface area contributed by atoms with Crippen molar-refractivity contribution in [1.82, 2.24) is 0 Å². The molecule has 3 heteroatoms. The zero-order chi connectivity index (χ0) is 14.4. The molecule has 0 atom stereocenters. The minimum atomic E-state index is 0.0688. The molecular formula is C18H20N2O. The van der Waals surface area contributed by atoms with E-state index in [9.17, 15) is 0 Å². The Morgan fingerprint density at radius 3 is 2.48 bits per heavy atom. The number of benzene rings is 2. The van der Waals surface area contributed by atoms with Crippen molar-refractivity contribution in [2.45, 2.75) is 38.0 Å². The van der Waals surface area contributed by atoms with Gasteiger partial charge in [-0.1, -0.05) is 30.3 Å². The predicted molar refractivity (Wildman–Crippen MR) is 85.0 cm³/mol. The highest BCUT2D eigenvalue weighted by Gasteiger charge is 2.45. The molecule has 0 unspecified atom stereocenters. The molecule has 0 spiro atoms. The highest BCUT2D eigenvalue weighted by molar-refractivity contribution is 5.75. The molecule has 4 rings (SSSR count). The van der Waals surface area contributed by atoms with Crippen molar-refractivity contribution in [3.05, 3.63) is 54.1 Å². The molecule has 2 aliphatic rings.